The van der Waals surface area contributed by atoms with Crippen LogP contribution in [0.5, 0.6) is 5.88 Å². The van der Waals surface area contributed by atoms with Crippen molar-refractivity contribution < 1.29 is 23.9 Å². The second-order valence-electron chi connectivity index (χ2n) is 3.95. The molecule has 1 heterocycles. The average molecular weight is 258 g/mol. The minimum atomic E-state index is -0.710. The fourth-order valence-corrected chi connectivity index (χ4v) is 1.32. The van der Waals surface area contributed by atoms with E-state index in [1.54, 1.807) is 20.0 Å². The topological polar surface area (TPSA) is 85.0 Å². The third-order valence-corrected chi connectivity index (χ3v) is 2.22. The van der Waals surface area contributed by atoms with Crippen molar-refractivity contribution in [3.05, 3.63) is 11.8 Å². The molecular weight excluding hydrogens is 240 g/mol. The number of aliphatic hydroxyl groups excluding tert-OH is 1. The van der Waals surface area contributed by atoms with E-state index in [1.807, 2.05) is 0 Å². The molecule has 0 aliphatic rings. The number of hydrogen-bond acceptors (Lipinski definition) is 6. The first-order valence-corrected chi connectivity index (χ1v) is 5.50. The summed E-state index contributed by atoms with van der Waals surface area (Å²) in [5, 5.41) is 13.1. The monoisotopic (exact) mass is 258 g/mol. The molecule has 1 amide bonds. The summed E-state index contributed by atoms with van der Waals surface area (Å²) in [7, 11) is 3.07. The van der Waals surface area contributed by atoms with Crippen LogP contribution >= 0.6 is 0 Å². The number of aromatic nitrogens is 1. The molecule has 102 valence electrons. The van der Waals surface area contributed by atoms with Crippen LogP contribution in [0.1, 0.15) is 5.76 Å². The lowest BCUT2D eigenvalue weighted by molar-refractivity contribution is -0.133. The maximum atomic E-state index is 11.7. The zero-order chi connectivity index (χ0) is 13.5. The molecule has 0 aromatic carbocycles. The van der Waals surface area contributed by atoms with Gasteiger partial charge < -0.3 is 24.0 Å². The van der Waals surface area contributed by atoms with E-state index in [2.05, 4.69) is 5.16 Å². The van der Waals surface area contributed by atoms with Crippen LogP contribution in [0.15, 0.2) is 10.6 Å². The zero-order valence-corrected chi connectivity index (χ0v) is 10.8. The van der Waals surface area contributed by atoms with Crippen molar-refractivity contribution in [2.75, 3.05) is 33.9 Å². The fraction of sp³-hybridized carbons (Fsp3) is 0.636. The Bertz CT molecular complexity index is 379. The van der Waals surface area contributed by atoms with Crippen LogP contribution in [0.25, 0.3) is 0 Å². The average Bonchev–Trinajstić information content (AvgIpc) is 2.72. The van der Waals surface area contributed by atoms with Crippen molar-refractivity contribution >= 4 is 5.91 Å². The van der Waals surface area contributed by atoms with Crippen molar-refractivity contribution in [3.8, 4) is 5.88 Å². The van der Waals surface area contributed by atoms with Gasteiger partial charge in [0.05, 0.1) is 12.7 Å². The largest absolute Gasteiger partial charge is 0.465 e. The predicted octanol–water partition coefficient (Wildman–Crippen LogP) is -0.172. The molecule has 7 heteroatoms. The van der Waals surface area contributed by atoms with Gasteiger partial charge in [-0.1, -0.05) is 0 Å². The maximum Gasteiger partial charge on any atom is 0.260 e. The Morgan fingerprint density at radius 1 is 1.67 bits per heavy atom. The van der Waals surface area contributed by atoms with Gasteiger partial charge in [0, 0.05) is 26.8 Å². The number of nitrogens with zero attached hydrogens (tertiary/aromatic N) is 2. The zero-order valence-electron chi connectivity index (χ0n) is 10.8. The van der Waals surface area contributed by atoms with Gasteiger partial charge >= 0.3 is 0 Å². The number of likely N-dealkylation sites (N-methyl/N-ethyl adjacent to an activating group) is 1. The molecule has 0 spiro atoms. The van der Waals surface area contributed by atoms with Crippen LogP contribution in [-0.2, 0) is 9.53 Å². The number of methoxy groups -OCH3 is 1. The first-order valence-electron chi connectivity index (χ1n) is 5.50. The quantitative estimate of drug-likeness (QED) is 0.730. The van der Waals surface area contributed by atoms with Gasteiger partial charge in [0.15, 0.2) is 6.61 Å². The van der Waals surface area contributed by atoms with E-state index in [0.29, 0.717) is 5.76 Å². The molecule has 7 nitrogen and oxygen atoms in total. The summed E-state index contributed by atoms with van der Waals surface area (Å²) in [6.45, 7) is 1.95. The fourth-order valence-electron chi connectivity index (χ4n) is 1.32. The SMILES string of the molecule is COCC(O)CN(C)C(=O)COc1cc(C)on1. The Hall–Kier alpha value is -1.60. The normalized spacial score (nSPS) is 12.2. The summed E-state index contributed by atoms with van der Waals surface area (Å²) >= 11 is 0. The molecule has 0 saturated heterocycles. The molecule has 1 aromatic rings. The highest BCUT2D eigenvalue weighted by Crippen LogP contribution is 2.09. The number of rotatable bonds is 7. The van der Waals surface area contributed by atoms with Gasteiger partial charge in [0.1, 0.15) is 5.76 Å². The smallest absolute Gasteiger partial charge is 0.260 e. The Morgan fingerprint density at radius 3 is 2.94 bits per heavy atom. The van der Waals surface area contributed by atoms with Gasteiger partial charge in [-0.3, -0.25) is 4.79 Å². The van der Waals surface area contributed by atoms with Crippen molar-refractivity contribution in [2.45, 2.75) is 13.0 Å². The van der Waals surface area contributed by atoms with Crippen LogP contribution in [0.4, 0.5) is 0 Å². The molecule has 0 bridgehead atoms. The first kappa shape index (κ1) is 14.5. The Morgan fingerprint density at radius 2 is 2.39 bits per heavy atom. The molecule has 1 atom stereocenters. The first-order chi connectivity index (χ1) is 8.52. The van der Waals surface area contributed by atoms with E-state index in [-0.39, 0.29) is 31.5 Å². The second-order valence-corrected chi connectivity index (χ2v) is 3.95. The number of ether oxygens (including phenoxy) is 2. The minimum absolute atomic E-state index is 0.151. The van der Waals surface area contributed by atoms with Gasteiger partial charge in [0.2, 0.25) is 0 Å². The van der Waals surface area contributed by atoms with Crippen LogP contribution in [0.2, 0.25) is 0 Å². The van der Waals surface area contributed by atoms with Crippen LogP contribution < -0.4 is 4.74 Å². The predicted molar refractivity (Wildman–Crippen MR) is 62.3 cm³/mol. The summed E-state index contributed by atoms with van der Waals surface area (Å²) in [6, 6.07) is 1.59. The van der Waals surface area contributed by atoms with Gasteiger partial charge in [-0.25, -0.2) is 0 Å². The van der Waals surface area contributed by atoms with Gasteiger partial charge in [-0.2, -0.15) is 0 Å². The number of carbonyl (C=O) groups is 1. The molecule has 1 N–H and O–H groups in total. The molecule has 0 fully saturated rings. The summed E-state index contributed by atoms with van der Waals surface area (Å²) in [6.07, 6.45) is -0.710. The van der Waals surface area contributed by atoms with E-state index in [1.165, 1.54) is 12.0 Å². The number of amides is 1. The number of aliphatic hydroxyl groups is 1. The van der Waals surface area contributed by atoms with Crippen molar-refractivity contribution in [1.82, 2.24) is 10.1 Å². The molecule has 1 aromatic heterocycles. The molecule has 1 unspecified atom stereocenters. The maximum absolute atomic E-state index is 11.7. The summed E-state index contributed by atoms with van der Waals surface area (Å²) < 4.78 is 14.7. The Balaban J connectivity index is 2.31. The van der Waals surface area contributed by atoms with Gasteiger partial charge in [-0.05, 0) is 12.1 Å². The molecule has 0 radical (unpaired) electrons. The van der Waals surface area contributed by atoms with Crippen LogP contribution in [0, 0.1) is 6.92 Å². The molecule has 0 aliphatic carbocycles. The highest BCUT2D eigenvalue weighted by atomic mass is 16.5. The number of carbonyl (C=O) groups excluding carboxylic acids is 1. The molecule has 1 rings (SSSR count). The van der Waals surface area contributed by atoms with Crippen molar-refractivity contribution in [2.24, 2.45) is 0 Å². The Kier molecular flexibility index (Phi) is 5.60. The van der Waals surface area contributed by atoms with E-state index in [4.69, 9.17) is 14.0 Å². The van der Waals surface area contributed by atoms with E-state index >= 15 is 0 Å². The van der Waals surface area contributed by atoms with Crippen molar-refractivity contribution in [1.29, 1.82) is 0 Å². The third-order valence-electron chi connectivity index (χ3n) is 2.22. The lowest BCUT2D eigenvalue weighted by Gasteiger charge is -2.20. The molecular formula is C11H18N2O5. The Labute approximate surface area is 105 Å². The minimum Gasteiger partial charge on any atom is -0.465 e. The highest BCUT2D eigenvalue weighted by molar-refractivity contribution is 5.77. The third kappa shape index (κ3) is 4.72. The molecule has 18 heavy (non-hydrogen) atoms. The van der Waals surface area contributed by atoms with Gasteiger partial charge in [-0.15, -0.1) is 0 Å². The van der Waals surface area contributed by atoms with Crippen LogP contribution in [0.3, 0.4) is 0 Å². The second kappa shape index (κ2) is 6.97. The number of aryl methyl sites for hydroxylation is 1. The summed E-state index contributed by atoms with van der Waals surface area (Å²) in [5.74, 6) is 0.624. The van der Waals surface area contributed by atoms with Crippen molar-refractivity contribution in [3.63, 3.8) is 0 Å². The number of hydrogen-bond donors (Lipinski definition) is 1. The standard InChI is InChI=1S/C11H18N2O5/c1-8-4-10(12-18-8)17-7-11(15)13(2)5-9(14)6-16-3/h4,9,14H,5-7H2,1-3H3. The van der Waals surface area contributed by atoms with Gasteiger partial charge in [0.25, 0.3) is 11.8 Å². The van der Waals surface area contributed by atoms with Crippen LogP contribution in [-0.4, -0.2) is 61.1 Å². The lowest BCUT2D eigenvalue weighted by atomic mass is 10.3. The van der Waals surface area contributed by atoms with E-state index in [9.17, 15) is 9.90 Å². The molecule has 0 saturated carbocycles. The lowest BCUT2D eigenvalue weighted by Crippen LogP contribution is -2.38. The van der Waals surface area contributed by atoms with E-state index in [0.717, 1.165) is 0 Å². The summed E-state index contributed by atoms with van der Waals surface area (Å²) in [4.78, 5) is 13.0. The molecule has 0 aliphatic heterocycles. The summed E-state index contributed by atoms with van der Waals surface area (Å²) in [5.41, 5.74) is 0. The highest BCUT2D eigenvalue weighted by Gasteiger charge is 2.14. The van der Waals surface area contributed by atoms with E-state index < -0.39 is 6.10 Å².